The van der Waals surface area contributed by atoms with Crippen LogP contribution in [0.5, 0.6) is 0 Å². The first-order valence-corrected chi connectivity index (χ1v) is 5.24. The van der Waals surface area contributed by atoms with Crippen LogP contribution in [0.4, 0.5) is 8.78 Å². The third-order valence-electron chi connectivity index (χ3n) is 2.76. The first kappa shape index (κ1) is 10.6. The van der Waals surface area contributed by atoms with Crippen molar-refractivity contribution in [2.75, 3.05) is 6.54 Å². The summed E-state index contributed by atoms with van der Waals surface area (Å²) < 4.78 is 29.2. The summed E-state index contributed by atoms with van der Waals surface area (Å²) in [6, 6.07) is 3.81. The van der Waals surface area contributed by atoms with Gasteiger partial charge in [-0.2, -0.15) is 0 Å². The molecule has 1 N–H and O–H groups in total. The molecular formula is C11H15F2NO. The average molecular weight is 215 g/mol. The standard InChI is InChI=1S/C11H15F2NO/c1-7-4-9(7)10-3-2-8(15-10)5-14-6-11(12)13/h2-3,7,9,11,14H,4-6H2,1H3. The molecule has 84 valence electrons. The molecule has 1 heterocycles. The van der Waals surface area contributed by atoms with Crippen molar-refractivity contribution in [2.45, 2.75) is 32.2 Å². The molecule has 0 radical (unpaired) electrons. The molecule has 1 saturated carbocycles. The first-order chi connectivity index (χ1) is 7.16. The number of halogens is 2. The van der Waals surface area contributed by atoms with Crippen LogP contribution in [-0.4, -0.2) is 13.0 Å². The van der Waals surface area contributed by atoms with Crippen molar-refractivity contribution in [1.82, 2.24) is 5.32 Å². The lowest BCUT2D eigenvalue weighted by Crippen LogP contribution is -2.20. The highest BCUT2D eigenvalue weighted by Crippen LogP contribution is 2.47. The molecule has 1 fully saturated rings. The van der Waals surface area contributed by atoms with E-state index in [1.54, 1.807) is 0 Å². The molecule has 1 aliphatic carbocycles. The van der Waals surface area contributed by atoms with Crippen LogP contribution in [0.3, 0.4) is 0 Å². The molecular weight excluding hydrogens is 200 g/mol. The van der Waals surface area contributed by atoms with Crippen molar-refractivity contribution in [3.8, 4) is 0 Å². The van der Waals surface area contributed by atoms with Gasteiger partial charge < -0.3 is 9.73 Å². The third kappa shape index (κ3) is 2.78. The molecule has 15 heavy (non-hydrogen) atoms. The van der Waals surface area contributed by atoms with Gasteiger partial charge in [-0.05, 0) is 24.5 Å². The Bertz CT molecular complexity index is 324. The highest BCUT2D eigenvalue weighted by Gasteiger charge is 2.36. The van der Waals surface area contributed by atoms with Crippen LogP contribution in [0.25, 0.3) is 0 Å². The van der Waals surface area contributed by atoms with Gasteiger partial charge in [0.1, 0.15) is 11.5 Å². The van der Waals surface area contributed by atoms with Gasteiger partial charge in [-0.1, -0.05) is 6.92 Å². The smallest absolute Gasteiger partial charge is 0.250 e. The maximum absolute atomic E-state index is 11.8. The predicted octanol–water partition coefficient (Wildman–Crippen LogP) is 2.76. The van der Waals surface area contributed by atoms with Gasteiger partial charge in [0.15, 0.2) is 0 Å². The summed E-state index contributed by atoms with van der Waals surface area (Å²) in [5.74, 6) is 2.99. The van der Waals surface area contributed by atoms with E-state index in [1.165, 1.54) is 6.42 Å². The molecule has 0 bridgehead atoms. The van der Waals surface area contributed by atoms with E-state index in [1.807, 2.05) is 12.1 Å². The first-order valence-electron chi connectivity index (χ1n) is 5.24. The number of alkyl halides is 2. The largest absolute Gasteiger partial charge is 0.464 e. The summed E-state index contributed by atoms with van der Waals surface area (Å²) >= 11 is 0. The minimum atomic E-state index is -2.30. The van der Waals surface area contributed by atoms with Crippen LogP contribution in [0.15, 0.2) is 16.5 Å². The molecule has 0 aromatic carbocycles. The summed E-state index contributed by atoms with van der Waals surface area (Å²) in [5, 5.41) is 2.64. The van der Waals surface area contributed by atoms with E-state index in [4.69, 9.17) is 4.42 Å². The quantitative estimate of drug-likeness (QED) is 0.817. The molecule has 1 aromatic rings. The van der Waals surface area contributed by atoms with Crippen molar-refractivity contribution in [1.29, 1.82) is 0 Å². The highest BCUT2D eigenvalue weighted by molar-refractivity contribution is 5.17. The Morgan fingerprint density at radius 3 is 2.87 bits per heavy atom. The summed E-state index contributed by atoms with van der Waals surface area (Å²) in [4.78, 5) is 0. The Labute approximate surface area is 87.7 Å². The number of hydrogen-bond acceptors (Lipinski definition) is 2. The second kappa shape index (κ2) is 4.31. The molecule has 0 amide bonds. The van der Waals surface area contributed by atoms with E-state index < -0.39 is 6.43 Å². The van der Waals surface area contributed by atoms with Gasteiger partial charge in [0.25, 0.3) is 6.43 Å². The molecule has 0 saturated heterocycles. The summed E-state index contributed by atoms with van der Waals surface area (Å²) in [6.45, 7) is 2.28. The van der Waals surface area contributed by atoms with Crippen molar-refractivity contribution >= 4 is 0 Å². The molecule has 2 unspecified atom stereocenters. The molecule has 1 aliphatic rings. The van der Waals surface area contributed by atoms with Crippen LogP contribution in [0.2, 0.25) is 0 Å². The van der Waals surface area contributed by atoms with Gasteiger partial charge in [-0.15, -0.1) is 0 Å². The molecule has 2 atom stereocenters. The zero-order valence-electron chi connectivity index (χ0n) is 8.67. The normalized spacial score (nSPS) is 24.8. The molecule has 2 nitrogen and oxygen atoms in total. The van der Waals surface area contributed by atoms with E-state index in [2.05, 4.69) is 12.2 Å². The molecule has 4 heteroatoms. The van der Waals surface area contributed by atoms with Crippen LogP contribution in [0, 0.1) is 5.92 Å². The fraction of sp³-hybridized carbons (Fsp3) is 0.636. The summed E-state index contributed by atoms with van der Waals surface area (Å²) in [5.41, 5.74) is 0. The maximum atomic E-state index is 11.8. The summed E-state index contributed by atoms with van der Waals surface area (Å²) in [6.07, 6.45) is -1.12. The van der Waals surface area contributed by atoms with Gasteiger partial charge in [0, 0.05) is 5.92 Å². The Balaban J connectivity index is 1.80. The predicted molar refractivity (Wildman–Crippen MR) is 52.9 cm³/mol. The SMILES string of the molecule is CC1CC1c1ccc(CNCC(F)F)o1. The minimum absolute atomic E-state index is 0.282. The second-order valence-electron chi connectivity index (χ2n) is 4.15. The van der Waals surface area contributed by atoms with E-state index >= 15 is 0 Å². The Hall–Kier alpha value is -0.900. The molecule has 2 rings (SSSR count). The highest BCUT2D eigenvalue weighted by atomic mass is 19.3. The molecule has 0 aliphatic heterocycles. The Kier molecular flexibility index (Phi) is 3.05. The van der Waals surface area contributed by atoms with Crippen molar-refractivity contribution in [3.63, 3.8) is 0 Å². The van der Waals surface area contributed by atoms with Gasteiger partial charge in [0.05, 0.1) is 13.1 Å². The van der Waals surface area contributed by atoms with Crippen LogP contribution in [-0.2, 0) is 6.54 Å². The second-order valence-corrected chi connectivity index (χ2v) is 4.15. The van der Waals surface area contributed by atoms with E-state index in [0.717, 1.165) is 11.5 Å². The topological polar surface area (TPSA) is 25.2 Å². The van der Waals surface area contributed by atoms with Crippen molar-refractivity contribution in [2.24, 2.45) is 5.92 Å². The van der Waals surface area contributed by atoms with E-state index in [9.17, 15) is 8.78 Å². The monoisotopic (exact) mass is 215 g/mol. The Morgan fingerprint density at radius 2 is 2.27 bits per heavy atom. The average Bonchev–Trinajstić information content (AvgIpc) is 2.73. The fourth-order valence-corrected chi connectivity index (χ4v) is 1.71. The molecule has 0 spiro atoms. The zero-order chi connectivity index (χ0) is 10.8. The van der Waals surface area contributed by atoms with Gasteiger partial charge in [-0.25, -0.2) is 8.78 Å². The lowest BCUT2D eigenvalue weighted by Gasteiger charge is -2.00. The summed E-state index contributed by atoms with van der Waals surface area (Å²) in [7, 11) is 0. The third-order valence-corrected chi connectivity index (χ3v) is 2.76. The maximum Gasteiger partial charge on any atom is 0.250 e. The van der Waals surface area contributed by atoms with Gasteiger partial charge in [-0.3, -0.25) is 0 Å². The minimum Gasteiger partial charge on any atom is -0.464 e. The number of nitrogens with one attached hydrogen (secondary N) is 1. The van der Waals surface area contributed by atoms with E-state index in [-0.39, 0.29) is 6.54 Å². The lowest BCUT2D eigenvalue weighted by atomic mass is 10.3. The lowest BCUT2D eigenvalue weighted by molar-refractivity contribution is 0.144. The van der Waals surface area contributed by atoms with Crippen LogP contribution < -0.4 is 5.32 Å². The molecule has 1 aromatic heterocycles. The number of furan rings is 1. The van der Waals surface area contributed by atoms with Crippen LogP contribution >= 0.6 is 0 Å². The zero-order valence-corrected chi connectivity index (χ0v) is 8.67. The number of hydrogen-bond donors (Lipinski definition) is 1. The van der Waals surface area contributed by atoms with Gasteiger partial charge >= 0.3 is 0 Å². The van der Waals surface area contributed by atoms with Crippen LogP contribution in [0.1, 0.15) is 30.8 Å². The number of rotatable bonds is 5. The van der Waals surface area contributed by atoms with E-state index in [0.29, 0.717) is 18.4 Å². The fourth-order valence-electron chi connectivity index (χ4n) is 1.71. The van der Waals surface area contributed by atoms with Crippen molar-refractivity contribution in [3.05, 3.63) is 23.7 Å². The Morgan fingerprint density at radius 1 is 1.53 bits per heavy atom. The van der Waals surface area contributed by atoms with Crippen molar-refractivity contribution < 1.29 is 13.2 Å². The van der Waals surface area contributed by atoms with Gasteiger partial charge in [0.2, 0.25) is 0 Å².